The third-order valence-corrected chi connectivity index (χ3v) is 2.04. The first-order valence-corrected chi connectivity index (χ1v) is 4.78. The van der Waals surface area contributed by atoms with E-state index in [9.17, 15) is 14.4 Å². The summed E-state index contributed by atoms with van der Waals surface area (Å²) in [5.41, 5.74) is 0. The Morgan fingerprint density at radius 1 is 1.18 bits per heavy atom. The smallest absolute Gasteiger partial charge is 0.277 e. The summed E-state index contributed by atoms with van der Waals surface area (Å²) in [5.74, 6) is -2.13. The molecule has 0 spiro atoms. The van der Waals surface area contributed by atoms with Crippen LogP contribution in [0.5, 0.6) is 0 Å². The van der Waals surface area contributed by atoms with Gasteiger partial charge in [0.05, 0.1) is 0 Å². The first kappa shape index (κ1) is 10.9. The van der Waals surface area contributed by atoms with Crippen LogP contribution in [0.25, 0.3) is 0 Å². The summed E-state index contributed by atoms with van der Waals surface area (Å²) in [6.07, 6.45) is 2.69. The summed E-state index contributed by atoms with van der Waals surface area (Å²) in [6, 6.07) is 4.25. The van der Waals surface area contributed by atoms with Crippen LogP contribution in [-0.2, 0) is 9.59 Å². The SMILES string of the molecule is O=C1NC(=O)C(/C=N/c2ccccn2)C(=O)N1. The van der Waals surface area contributed by atoms with E-state index in [1.54, 1.807) is 18.2 Å². The number of aliphatic imine (C=N–C) groups is 1. The Labute approximate surface area is 95.9 Å². The largest absolute Gasteiger partial charge is 0.328 e. The maximum atomic E-state index is 11.3. The molecule has 1 aromatic heterocycles. The van der Waals surface area contributed by atoms with Crippen molar-refractivity contribution in [1.29, 1.82) is 0 Å². The normalized spacial score (nSPS) is 17.1. The van der Waals surface area contributed by atoms with E-state index < -0.39 is 23.8 Å². The van der Waals surface area contributed by atoms with Crippen molar-refractivity contribution in [3.05, 3.63) is 24.4 Å². The highest BCUT2D eigenvalue weighted by Crippen LogP contribution is 2.06. The van der Waals surface area contributed by atoms with Crippen LogP contribution in [-0.4, -0.2) is 29.0 Å². The Balaban J connectivity index is 2.13. The molecule has 0 bridgehead atoms. The second kappa shape index (κ2) is 4.52. The molecule has 4 amide bonds. The molecular formula is C10H8N4O3. The van der Waals surface area contributed by atoms with Gasteiger partial charge in [0.25, 0.3) is 0 Å². The first-order chi connectivity index (χ1) is 8.16. The quantitative estimate of drug-likeness (QED) is 0.543. The lowest BCUT2D eigenvalue weighted by Crippen LogP contribution is -2.56. The van der Waals surface area contributed by atoms with E-state index >= 15 is 0 Å². The van der Waals surface area contributed by atoms with Gasteiger partial charge in [-0.2, -0.15) is 0 Å². The lowest BCUT2D eigenvalue weighted by atomic mass is 10.1. The van der Waals surface area contributed by atoms with Crippen molar-refractivity contribution < 1.29 is 14.4 Å². The van der Waals surface area contributed by atoms with E-state index in [1.807, 2.05) is 10.6 Å². The number of pyridine rings is 1. The summed E-state index contributed by atoms with van der Waals surface area (Å²) < 4.78 is 0. The number of nitrogens with one attached hydrogen (secondary N) is 2. The molecule has 17 heavy (non-hydrogen) atoms. The number of hydrogen-bond donors (Lipinski definition) is 2. The van der Waals surface area contributed by atoms with Gasteiger partial charge in [0.1, 0.15) is 0 Å². The maximum Gasteiger partial charge on any atom is 0.328 e. The number of carbonyl (C=O) groups excluding carboxylic acids is 3. The maximum absolute atomic E-state index is 11.3. The molecule has 0 atom stereocenters. The van der Waals surface area contributed by atoms with Crippen molar-refractivity contribution in [1.82, 2.24) is 15.6 Å². The van der Waals surface area contributed by atoms with Crippen molar-refractivity contribution in [2.75, 3.05) is 0 Å². The van der Waals surface area contributed by atoms with Gasteiger partial charge in [-0.25, -0.2) is 14.8 Å². The van der Waals surface area contributed by atoms with Crippen LogP contribution >= 0.6 is 0 Å². The van der Waals surface area contributed by atoms with Gasteiger partial charge in [-0.3, -0.25) is 20.2 Å². The van der Waals surface area contributed by atoms with Gasteiger partial charge in [-0.15, -0.1) is 0 Å². The van der Waals surface area contributed by atoms with Crippen LogP contribution in [0.2, 0.25) is 0 Å². The third kappa shape index (κ3) is 2.51. The molecule has 1 fully saturated rings. The van der Waals surface area contributed by atoms with Crippen LogP contribution in [0.1, 0.15) is 0 Å². The van der Waals surface area contributed by atoms with Crippen LogP contribution in [0, 0.1) is 5.92 Å². The number of aromatic nitrogens is 1. The van der Waals surface area contributed by atoms with E-state index in [0.29, 0.717) is 5.82 Å². The highest BCUT2D eigenvalue weighted by molar-refractivity contribution is 6.23. The summed E-state index contributed by atoms with van der Waals surface area (Å²) in [7, 11) is 0. The Kier molecular flexibility index (Phi) is 2.91. The zero-order valence-corrected chi connectivity index (χ0v) is 8.58. The Morgan fingerprint density at radius 2 is 1.88 bits per heavy atom. The number of urea groups is 1. The predicted octanol–water partition coefficient (Wildman–Crippen LogP) is -0.234. The molecular weight excluding hydrogens is 224 g/mol. The van der Waals surface area contributed by atoms with Crippen molar-refractivity contribution in [2.24, 2.45) is 10.9 Å². The molecule has 1 aliphatic rings. The molecule has 2 heterocycles. The third-order valence-electron chi connectivity index (χ3n) is 2.04. The van der Waals surface area contributed by atoms with E-state index in [4.69, 9.17) is 0 Å². The molecule has 1 aromatic rings. The zero-order valence-electron chi connectivity index (χ0n) is 8.58. The van der Waals surface area contributed by atoms with Crippen molar-refractivity contribution in [3.8, 4) is 0 Å². The van der Waals surface area contributed by atoms with E-state index in [0.717, 1.165) is 6.21 Å². The Morgan fingerprint density at radius 3 is 2.47 bits per heavy atom. The van der Waals surface area contributed by atoms with Crippen LogP contribution < -0.4 is 10.6 Å². The fourth-order valence-corrected chi connectivity index (χ4v) is 1.25. The minimum absolute atomic E-state index is 0.380. The van der Waals surface area contributed by atoms with Gasteiger partial charge >= 0.3 is 6.03 Å². The van der Waals surface area contributed by atoms with Gasteiger partial charge in [-0.1, -0.05) is 6.07 Å². The monoisotopic (exact) mass is 232 g/mol. The van der Waals surface area contributed by atoms with E-state index in [-0.39, 0.29) is 0 Å². The lowest BCUT2D eigenvalue weighted by Gasteiger charge is -2.16. The van der Waals surface area contributed by atoms with Crippen LogP contribution in [0.3, 0.4) is 0 Å². The van der Waals surface area contributed by atoms with Gasteiger partial charge in [0.2, 0.25) is 11.8 Å². The minimum Gasteiger partial charge on any atom is -0.277 e. The summed E-state index contributed by atoms with van der Waals surface area (Å²) >= 11 is 0. The summed E-state index contributed by atoms with van der Waals surface area (Å²) in [4.78, 5) is 41.2. The molecule has 2 N–H and O–H groups in total. The molecule has 0 aromatic carbocycles. The molecule has 7 nitrogen and oxygen atoms in total. The number of imide groups is 2. The molecule has 0 aliphatic carbocycles. The summed E-state index contributed by atoms with van der Waals surface area (Å²) in [6.45, 7) is 0. The number of rotatable bonds is 2. The molecule has 1 saturated heterocycles. The van der Waals surface area contributed by atoms with Gasteiger partial charge < -0.3 is 0 Å². The molecule has 86 valence electrons. The standard InChI is InChI=1S/C10H8N4O3/c15-8-6(9(16)14-10(17)13-8)5-12-7-3-1-2-4-11-7/h1-6H,(H2,13,14,15,16,17)/b12-5+. The van der Waals surface area contributed by atoms with Crippen LogP contribution in [0.15, 0.2) is 29.4 Å². The van der Waals surface area contributed by atoms with Crippen molar-refractivity contribution in [2.45, 2.75) is 0 Å². The topological polar surface area (TPSA) is 101 Å². The second-order valence-corrected chi connectivity index (χ2v) is 3.25. The molecule has 0 radical (unpaired) electrons. The fraction of sp³-hybridized carbons (Fsp3) is 0.100. The first-order valence-electron chi connectivity index (χ1n) is 4.78. The lowest BCUT2D eigenvalue weighted by molar-refractivity contribution is -0.132. The van der Waals surface area contributed by atoms with Gasteiger partial charge in [-0.05, 0) is 12.1 Å². The number of carbonyl (C=O) groups is 3. The highest BCUT2D eigenvalue weighted by atomic mass is 16.2. The molecule has 2 rings (SSSR count). The number of amides is 4. The minimum atomic E-state index is -1.12. The van der Waals surface area contributed by atoms with Crippen LogP contribution in [0.4, 0.5) is 10.6 Å². The Bertz CT molecular complexity index is 478. The predicted molar refractivity (Wildman–Crippen MR) is 57.6 cm³/mol. The molecule has 0 unspecified atom stereocenters. The second-order valence-electron chi connectivity index (χ2n) is 3.25. The van der Waals surface area contributed by atoms with E-state index in [1.165, 1.54) is 6.20 Å². The number of hydrogen-bond acceptors (Lipinski definition) is 5. The highest BCUT2D eigenvalue weighted by Gasteiger charge is 2.32. The average Bonchev–Trinajstić information content (AvgIpc) is 2.29. The van der Waals surface area contributed by atoms with Gasteiger partial charge in [0, 0.05) is 12.4 Å². The van der Waals surface area contributed by atoms with Crippen molar-refractivity contribution >= 4 is 29.9 Å². The number of nitrogens with zero attached hydrogens (tertiary/aromatic N) is 2. The van der Waals surface area contributed by atoms with E-state index in [2.05, 4.69) is 9.98 Å². The van der Waals surface area contributed by atoms with Gasteiger partial charge in [0.15, 0.2) is 11.7 Å². The molecule has 7 heteroatoms. The number of barbiturate groups is 1. The average molecular weight is 232 g/mol. The zero-order chi connectivity index (χ0) is 12.3. The summed E-state index contributed by atoms with van der Waals surface area (Å²) in [5, 5.41) is 3.95. The Hall–Kier alpha value is -2.57. The molecule has 0 saturated carbocycles. The van der Waals surface area contributed by atoms with Crippen molar-refractivity contribution in [3.63, 3.8) is 0 Å². The molecule has 1 aliphatic heterocycles. The fourth-order valence-electron chi connectivity index (χ4n) is 1.25.